The lowest BCUT2D eigenvalue weighted by atomic mass is 9.96. The summed E-state index contributed by atoms with van der Waals surface area (Å²) in [5.74, 6) is 2.32. The van der Waals surface area contributed by atoms with Crippen LogP contribution in [0.25, 0.3) is 0 Å². The summed E-state index contributed by atoms with van der Waals surface area (Å²) in [4.78, 5) is 2.47. The van der Waals surface area contributed by atoms with E-state index >= 15 is 0 Å². The molecule has 0 saturated carbocycles. The summed E-state index contributed by atoms with van der Waals surface area (Å²) in [6.45, 7) is 10.4. The lowest BCUT2D eigenvalue weighted by Gasteiger charge is -2.17. The number of hydrogen-bond donors (Lipinski definition) is 0. The molecular weight excluding hydrogens is 196 g/mol. The van der Waals surface area contributed by atoms with Crippen LogP contribution in [0.3, 0.4) is 0 Å². The molecule has 0 bridgehead atoms. The van der Waals surface area contributed by atoms with Crippen molar-refractivity contribution in [2.45, 2.75) is 58.9 Å². The van der Waals surface area contributed by atoms with Crippen LogP contribution in [0.4, 0.5) is 0 Å². The summed E-state index contributed by atoms with van der Waals surface area (Å²) >= 11 is 0. The molecule has 94 valence electrons. The van der Waals surface area contributed by atoms with Crippen molar-refractivity contribution < 1.29 is 4.58 Å². The van der Waals surface area contributed by atoms with Crippen molar-refractivity contribution in [3.63, 3.8) is 0 Å². The van der Waals surface area contributed by atoms with Gasteiger partial charge in [-0.2, -0.15) is 0 Å². The van der Waals surface area contributed by atoms with Gasteiger partial charge in [-0.3, -0.25) is 9.48 Å². The molecule has 1 heterocycles. The first kappa shape index (κ1) is 13.5. The second-order valence-electron chi connectivity index (χ2n) is 5.86. The van der Waals surface area contributed by atoms with Gasteiger partial charge in [0.2, 0.25) is 5.84 Å². The molecular formula is C14H29N2+. The van der Waals surface area contributed by atoms with Gasteiger partial charge in [0.15, 0.2) is 0 Å². The van der Waals surface area contributed by atoms with Crippen molar-refractivity contribution in [2.24, 2.45) is 5.92 Å². The van der Waals surface area contributed by atoms with E-state index in [0.29, 0.717) is 5.54 Å². The maximum absolute atomic E-state index is 2.50. The largest absolute Gasteiger partial charge is 0.264 e. The van der Waals surface area contributed by atoms with E-state index in [2.05, 4.69) is 51.3 Å². The van der Waals surface area contributed by atoms with Crippen LogP contribution < -0.4 is 0 Å². The molecule has 0 unspecified atom stereocenters. The molecule has 0 radical (unpaired) electrons. The zero-order valence-electron chi connectivity index (χ0n) is 12.0. The third-order valence-corrected chi connectivity index (χ3v) is 3.91. The number of nitrogens with zero attached hydrogens (tertiary/aromatic N) is 2. The molecule has 1 aliphatic heterocycles. The second kappa shape index (κ2) is 5.20. The zero-order chi connectivity index (χ0) is 12.3. The van der Waals surface area contributed by atoms with Gasteiger partial charge in [-0.1, -0.05) is 26.7 Å². The van der Waals surface area contributed by atoms with E-state index in [1.165, 1.54) is 25.7 Å². The first-order chi connectivity index (χ1) is 7.44. The Hall–Kier alpha value is -0.530. The van der Waals surface area contributed by atoms with E-state index in [4.69, 9.17) is 0 Å². The van der Waals surface area contributed by atoms with Gasteiger partial charge in [0.1, 0.15) is 12.1 Å². The topological polar surface area (TPSA) is 6.25 Å². The monoisotopic (exact) mass is 225 g/mol. The number of likely N-dealkylation sites (N-methyl/N-ethyl adjacent to an activating group) is 2. The van der Waals surface area contributed by atoms with Gasteiger partial charge in [-0.25, -0.2) is 0 Å². The third kappa shape index (κ3) is 2.58. The Balaban J connectivity index is 2.93. The SMILES string of the molecule is CCCC(CCC)C1=[N+](C)C(C)(C)CN1C. The van der Waals surface area contributed by atoms with Gasteiger partial charge in [0.25, 0.3) is 0 Å². The molecule has 0 atom stereocenters. The maximum Gasteiger partial charge on any atom is 0.250 e. The fraction of sp³-hybridized carbons (Fsp3) is 0.929. The zero-order valence-corrected chi connectivity index (χ0v) is 12.0. The predicted octanol–water partition coefficient (Wildman–Crippen LogP) is 2.97. The van der Waals surface area contributed by atoms with Crippen LogP contribution in [0.1, 0.15) is 53.4 Å². The molecule has 0 aromatic heterocycles. The van der Waals surface area contributed by atoms with Crippen LogP contribution in [-0.4, -0.2) is 41.5 Å². The molecule has 16 heavy (non-hydrogen) atoms. The molecule has 2 heteroatoms. The van der Waals surface area contributed by atoms with E-state index in [-0.39, 0.29) is 0 Å². The van der Waals surface area contributed by atoms with Gasteiger partial charge < -0.3 is 0 Å². The fourth-order valence-corrected chi connectivity index (χ4v) is 3.02. The molecule has 0 aromatic rings. The van der Waals surface area contributed by atoms with Crippen LogP contribution in [0.2, 0.25) is 0 Å². The highest BCUT2D eigenvalue weighted by Gasteiger charge is 2.43. The van der Waals surface area contributed by atoms with Gasteiger partial charge in [0, 0.05) is 0 Å². The fourth-order valence-electron chi connectivity index (χ4n) is 3.02. The maximum atomic E-state index is 2.50. The van der Waals surface area contributed by atoms with Gasteiger partial charge in [0.05, 0.1) is 20.0 Å². The summed E-state index contributed by atoms with van der Waals surface area (Å²) in [7, 11) is 4.51. The van der Waals surface area contributed by atoms with E-state index in [1.807, 2.05) is 0 Å². The van der Waals surface area contributed by atoms with Crippen LogP contribution in [0.5, 0.6) is 0 Å². The Kier molecular flexibility index (Phi) is 4.40. The quantitative estimate of drug-likeness (QED) is 0.652. The van der Waals surface area contributed by atoms with Crippen molar-refractivity contribution >= 4 is 5.84 Å². The van der Waals surface area contributed by atoms with Crippen LogP contribution in [0.15, 0.2) is 0 Å². The average molecular weight is 225 g/mol. The van der Waals surface area contributed by atoms with Crippen molar-refractivity contribution in [1.29, 1.82) is 0 Å². The van der Waals surface area contributed by atoms with Gasteiger partial charge in [-0.05, 0) is 26.7 Å². The first-order valence-corrected chi connectivity index (χ1v) is 6.75. The van der Waals surface area contributed by atoms with E-state index in [1.54, 1.807) is 5.84 Å². The summed E-state index contributed by atoms with van der Waals surface area (Å²) in [6, 6.07) is 0. The molecule has 2 nitrogen and oxygen atoms in total. The molecule has 0 spiro atoms. The van der Waals surface area contributed by atoms with Crippen molar-refractivity contribution in [3.8, 4) is 0 Å². The summed E-state index contributed by atoms with van der Waals surface area (Å²) in [5.41, 5.74) is 0.295. The summed E-state index contributed by atoms with van der Waals surface area (Å²) in [6.07, 6.45) is 5.23. The lowest BCUT2D eigenvalue weighted by Crippen LogP contribution is -2.34. The number of hydrogen-bond acceptors (Lipinski definition) is 1. The lowest BCUT2D eigenvalue weighted by molar-refractivity contribution is -0.564. The smallest absolute Gasteiger partial charge is 0.250 e. The van der Waals surface area contributed by atoms with Crippen molar-refractivity contribution in [3.05, 3.63) is 0 Å². The van der Waals surface area contributed by atoms with Gasteiger partial charge in [-0.15, -0.1) is 0 Å². The Morgan fingerprint density at radius 1 is 1.25 bits per heavy atom. The minimum absolute atomic E-state index is 0.295. The first-order valence-electron chi connectivity index (χ1n) is 6.75. The molecule has 0 fully saturated rings. The Morgan fingerprint density at radius 3 is 2.06 bits per heavy atom. The number of amidine groups is 1. The highest BCUT2D eigenvalue weighted by molar-refractivity contribution is 5.81. The average Bonchev–Trinajstić information content (AvgIpc) is 2.36. The highest BCUT2D eigenvalue weighted by atomic mass is 15.3. The standard InChI is InChI=1S/C14H29N2/c1-7-9-12(10-8-2)13-15(5)11-14(3,4)16(13)6/h12H,7-11H2,1-6H3/q+1. The van der Waals surface area contributed by atoms with Crippen LogP contribution in [0, 0.1) is 5.92 Å². The van der Waals surface area contributed by atoms with Crippen LogP contribution in [-0.2, 0) is 0 Å². The van der Waals surface area contributed by atoms with E-state index in [9.17, 15) is 0 Å². The Bertz CT molecular complexity index is 260. The molecule has 0 amide bonds. The summed E-state index contributed by atoms with van der Waals surface area (Å²) in [5, 5.41) is 0. The Morgan fingerprint density at radius 2 is 1.75 bits per heavy atom. The molecule has 0 saturated heterocycles. The molecule has 0 aromatic carbocycles. The third-order valence-electron chi connectivity index (χ3n) is 3.91. The summed E-state index contributed by atoms with van der Waals surface area (Å²) < 4.78 is 2.50. The minimum Gasteiger partial charge on any atom is -0.264 e. The normalized spacial score (nSPS) is 20.1. The number of rotatable bonds is 5. The van der Waals surface area contributed by atoms with Gasteiger partial charge >= 0.3 is 0 Å². The molecule has 1 rings (SSSR count). The van der Waals surface area contributed by atoms with Crippen molar-refractivity contribution in [2.75, 3.05) is 20.6 Å². The molecule has 1 aliphatic rings. The van der Waals surface area contributed by atoms with Crippen LogP contribution >= 0.6 is 0 Å². The highest BCUT2D eigenvalue weighted by Crippen LogP contribution is 2.25. The van der Waals surface area contributed by atoms with E-state index in [0.717, 1.165) is 12.5 Å². The molecule has 0 N–H and O–H groups in total. The Labute approximate surface area is 101 Å². The molecule has 0 aliphatic carbocycles. The van der Waals surface area contributed by atoms with E-state index < -0.39 is 0 Å². The minimum atomic E-state index is 0.295. The second-order valence-corrected chi connectivity index (χ2v) is 5.86. The predicted molar refractivity (Wildman–Crippen MR) is 71.2 cm³/mol. The van der Waals surface area contributed by atoms with Crippen molar-refractivity contribution in [1.82, 2.24) is 4.90 Å².